The van der Waals surface area contributed by atoms with E-state index in [9.17, 15) is 8.42 Å². The topological polar surface area (TPSA) is 49.4 Å². The lowest BCUT2D eigenvalue weighted by Gasteiger charge is -2.16. The molecule has 0 aliphatic rings. The van der Waals surface area contributed by atoms with E-state index in [-0.39, 0.29) is 0 Å². The van der Waals surface area contributed by atoms with Crippen LogP contribution in [0.1, 0.15) is 11.1 Å². The van der Waals surface area contributed by atoms with E-state index in [1.165, 1.54) is 15.6 Å². The molecule has 0 fully saturated rings. The molecule has 1 aromatic heterocycles. The summed E-state index contributed by atoms with van der Waals surface area (Å²) in [6.07, 6.45) is 0. The Hall–Kier alpha value is -0.920. The van der Waals surface area contributed by atoms with E-state index in [0.29, 0.717) is 22.3 Å². The van der Waals surface area contributed by atoms with Crippen molar-refractivity contribution >= 4 is 33.0 Å². The van der Waals surface area contributed by atoms with Crippen molar-refractivity contribution in [2.45, 2.75) is 17.3 Å². The van der Waals surface area contributed by atoms with Gasteiger partial charge in [-0.1, -0.05) is 23.7 Å². The number of hydrogen-bond acceptors (Lipinski definition) is 4. The number of hydrogen-bond donors (Lipinski definition) is 1. The molecule has 1 N–H and O–H groups in total. The Bertz CT molecular complexity index is 696. The van der Waals surface area contributed by atoms with Crippen LogP contribution in [0.2, 0.25) is 5.02 Å². The van der Waals surface area contributed by atoms with Gasteiger partial charge in [-0.3, -0.25) is 0 Å². The molecule has 0 radical (unpaired) electrons. The maximum Gasteiger partial charge on any atom is 0.252 e. The smallest absolute Gasteiger partial charge is 0.252 e. The fourth-order valence-corrected chi connectivity index (χ4v) is 4.57. The largest absolute Gasteiger partial charge is 0.316 e. The van der Waals surface area contributed by atoms with Crippen LogP contribution in [0, 0.1) is 0 Å². The molecule has 0 aliphatic heterocycles. The monoisotopic (exact) mass is 344 g/mol. The van der Waals surface area contributed by atoms with E-state index in [1.807, 2.05) is 24.6 Å². The number of sulfonamides is 1. The van der Waals surface area contributed by atoms with Gasteiger partial charge in [-0.2, -0.15) is 4.31 Å². The molecule has 0 saturated heterocycles. The van der Waals surface area contributed by atoms with Crippen molar-refractivity contribution < 1.29 is 8.42 Å². The summed E-state index contributed by atoms with van der Waals surface area (Å²) in [6.45, 7) is 0.978. The third-order valence-corrected chi connectivity index (χ3v) is 6.51. The van der Waals surface area contributed by atoms with Crippen LogP contribution in [-0.4, -0.2) is 26.8 Å². The number of benzene rings is 1. The first-order valence-corrected chi connectivity index (χ1v) is 9.06. The minimum absolute atomic E-state index is 0.318. The molecule has 0 saturated carbocycles. The van der Waals surface area contributed by atoms with Crippen molar-refractivity contribution in [1.82, 2.24) is 9.62 Å². The van der Waals surface area contributed by atoms with Gasteiger partial charge in [0.15, 0.2) is 0 Å². The SMILES string of the molecule is CNCc1csc(S(=O)(=O)N(C)Cc2ccc(Cl)cc2)c1. The van der Waals surface area contributed by atoms with Crippen molar-refractivity contribution in [3.63, 3.8) is 0 Å². The number of rotatable bonds is 6. The van der Waals surface area contributed by atoms with E-state index < -0.39 is 10.0 Å². The van der Waals surface area contributed by atoms with Gasteiger partial charge < -0.3 is 5.32 Å². The average molecular weight is 345 g/mol. The second-order valence-corrected chi connectivity index (χ2v) is 8.31. The van der Waals surface area contributed by atoms with Gasteiger partial charge >= 0.3 is 0 Å². The third-order valence-electron chi connectivity index (χ3n) is 2.99. The van der Waals surface area contributed by atoms with Crippen LogP contribution in [0.5, 0.6) is 0 Å². The highest BCUT2D eigenvalue weighted by atomic mass is 35.5. The van der Waals surface area contributed by atoms with E-state index >= 15 is 0 Å². The molecular formula is C14H17ClN2O2S2. The molecule has 2 aromatic rings. The third kappa shape index (κ3) is 4.05. The summed E-state index contributed by atoms with van der Waals surface area (Å²) < 4.78 is 26.7. The fraction of sp³-hybridized carbons (Fsp3) is 0.286. The number of halogens is 1. The van der Waals surface area contributed by atoms with Crippen molar-refractivity contribution in [2.75, 3.05) is 14.1 Å². The molecule has 2 rings (SSSR count). The molecule has 0 atom stereocenters. The van der Waals surface area contributed by atoms with Gasteiger partial charge in [-0.15, -0.1) is 11.3 Å². The molecule has 1 aromatic carbocycles. The van der Waals surface area contributed by atoms with Crippen LogP contribution in [0.4, 0.5) is 0 Å². The van der Waals surface area contributed by atoms with Crippen LogP contribution in [-0.2, 0) is 23.1 Å². The zero-order valence-electron chi connectivity index (χ0n) is 11.8. The number of thiophene rings is 1. The van der Waals surface area contributed by atoms with Gasteiger partial charge in [0.2, 0.25) is 0 Å². The Balaban J connectivity index is 2.15. The quantitative estimate of drug-likeness (QED) is 0.876. The summed E-state index contributed by atoms with van der Waals surface area (Å²) in [5, 5.41) is 5.51. The first kappa shape index (κ1) is 16.5. The van der Waals surface area contributed by atoms with Crippen molar-refractivity contribution in [3.05, 3.63) is 51.9 Å². The van der Waals surface area contributed by atoms with Gasteiger partial charge in [0, 0.05) is 25.2 Å². The van der Waals surface area contributed by atoms with Crippen molar-refractivity contribution in [3.8, 4) is 0 Å². The Morgan fingerprint density at radius 1 is 1.24 bits per heavy atom. The van der Waals surface area contributed by atoms with Crippen LogP contribution in [0.15, 0.2) is 39.9 Å². The van der Waals surface area contributed by atoms with E-state index in [0.717, 1.165) is 11.1 Å². The highest BCUT2D eigenvalue weighted by Gasteiger charge is 2.22. The van der Waals surface area contributed by atoms with Gasteiger partial charge in [-0.25, -0.2) is 8.42 Å². The molecule has 0 aliphatic carbocycles. The predicted octanol–water partition coefficient (Wildman–Crippen LogP) is 2.94. The van der Waals surface area contributed by atoms with E-state index in [1.54, 1.807) is 25.2 Å². The zero-order valence-corrected chi connectivity index (χ0v) is 14.2. The Morgan fingerprint density at radius 3 is 2.52 bits per heavy atom. The molecule has 21 heavy (non-hydrogen) atoms. The Labute approximate surface area is 134 Å². The summed E-state index contributed by atoms with van der Waals surface area (Å²) in [7, 11) is -0.0371. The average Bonchev–Trinajstić information content (AvgIpc) is 2.91. The molecule has 4 nitrogen and oxygen atoms in total. The summed E-state index contributed by atoms with van der Waals surface area (Å²) in [6, 6.07) is 8.89. The molecular weight excluding hydrogens is 328 g/mol. The molecule has 0 amide bonds. The van der Waals surface area contributed by atoms with Crippen LogP contribution in [0.3, 0.4) is 0 Å². The summed E-state index contributed by atoms with van der Waals surface area (Å²) in [4.78, 5) is 0. The molecule has 0 bridgehead atoms. The van der Waals surface area contributed by atoms with Crippen molar-refractivity contribution in [1.29, 1.82) is 0 Å². The summed E-state index contributed by atoms with van der Waals surface area (Å²) >= 11 is 7.08. The second-order valence-electron chi connectivity index (χ2n) is 4.69. The summed E-state index contributed by atoms with van der Waals surface area (Å²) in [5.74, 6) is 0. The van der Waals surface area contributed by atoms with Crippen molar-refractivity contribution in [2.24, 2.45) is 0 Å². The molecule has 0 spiro atoms. The number of nitrogens with one attached hydrogen (secondary N) is 1. The van der Waals surface area contributed by atoms with Crippen LogP contribution < -0.4 is 5.32 Å². The number of nitrogens with zero attached hydrogens (tertiary/aromatic N) is 1. The lowest BCUT2D eigenvalue weighted by atomic mass is 10.2. The maximum atomic E-state index is 12.5. The first-order chi connectivity index (χ1) is 9.93. The fourth-order valence-electron chi connectivity index (χ4n) is 1.87. The van der Waals surface area contributed by atoms with Gasteiger partial charge in [0.1, 0.15) is 4.21 Å². The summed E-state index contributed by atoms with van der Waals surface area (Å²) in [5.41, 5.74) is 1.87. The molecule has 0 unspecified atom stereocenters. The molecule has 7 heteroatoms. The zero-order chi connectivity index (χ0) is 15.5. The minimum atomic E-state index is -3.45. The van der Waals surface area contributed by atoms with E-state index in [2.05, 4.69) is 5.32 Å². The Kier molecular flexibility index (Phi) is 5.40. The van der Waals surface area contributed by atoms with Crippen LogP contribution in [0.25, 0.3) is 0 Å². The maximum absolute atomic E-state index is 12.5. The molecule has 1 heterocycles. The Morgan fingerprint density at radius 2 is 1.90 bits per heavy atom. The minimum Gasteiger partial charge on any atom is -0.316 e. The standard InChI is InChI=1S/C14H17ClN2O2S2/c1-16-8-12-7-14(20-10-12)21(18,19)17(2)9-11-3-5-13(15)6-4-11/h3-7,10,16H,8-9H2,1-2H3. The van der Waals surface area contributed by atoms with Gasteiger partial charge in [-0.05, 0) is 41.8 Å². The normalized spacial score (nSPS) is 12.0. The highest BCUT2D eigenvalue weighted by Crippen LogP contribution is 2.24. The lowest BCUT2D eigenvalue weighted by molar-refractivity contribution is 0.468. The second kappa shape index (κ2) is 6.89. The molecule has 114 valence electrons. The van der Waals surface area contributed by atoms with Gasteiger partial charge in [0.05, 0.1) is 0 Å². The predicted molar refractivity (Wildman–Crippen MR) is 87.2 cm³/mol. The van der Waals surface area contributed by atoms with Crippen LogP contribution >= 0.6 is 22.9 Å². The van der Waals surface area contributed by atoms with Gasteiger partial charge in [0.25, 0.3) is 10.0 Å². The highest BCUT2D eigenvalue weighted by molar-refractivity contribution is 7.91. The lowest BCUT2D eigenvalue weighted by Crippen LogP contribution is -2.25. The van der Waals surface area contributed by atoms with E-state index in [4.69, 9.17) is 11.6 Å². The first-order valence-electron chi connectivity index (χ1n) is 6.36.